The normalized spacial score (nSPS) is 36.5. The highest BCUT2D eigenvalue weighted by Gasteiger charge is 2.58. The fourth-order valence-corrected chi connectivity index (χ4v) is 2.49. The number of imide groups is 1. The molecule has 4 heteroatoms. The van der Waals surface area contributed by atoms with Crippen molar-refractivity contribution in [1.82, 2.24) is 10.6 Å². The van der Waals surface area contributed by atoms with Gasteiger partial charge in [-0.25, -0.2) is 4.79 Å². The molecular weight excluding hydrogens is 168 g/mol. The van der Waals surface area contributed by atoms with E-state index in [1.165, 1.54) is 0 Å². The van der Waals surface area contributed by atoms with Gasteiger partial charge >= 0.3 is 6.03 Å². The average molecular weight is 182 g/mol. The van der Waals surface area contributed by atoms with Crippen molar-refractivity contribution in [1.29, 1.82) is 0 Å². The summed E-state index contributed by atoms with van der Waals surface area (Å²) in [6, 6.07) is -0.347. The Labute approximate surface area is 77.1 Å². The molecule has 2 rings (SSSR count). The van der Waals surface area contributed by atoms with E-state index in [9.17, 15) is 9.59 Å². The second-order valence-electron chi connectivity index (χ2n) is 4.55. The maximum atomic E-state index is 11.6. The first kappa shape index (κ1) is 8.53. The van der Waals surface area contributed by atoms with Crippen molar-refractivity contribution in [2.24, 2.45) is 5.41 Å². The van der Waals surface area contributed by atoms with Crippen molar-refractivity contribution in [2.45, 2.75) is 38.6 Å². The lowest BCUT2D eigenvalue weighted by Gasteiger charge is -2.34. The fraction of sp³-hybridized carbons (Fsp3) is 0.778. The molecule has 4 nitrogen and oxygen atoms in total. The minimum Gasteiger partial charge on any atom is -0.323 e. The standard InChI is InChI=1S/C9H14N2O2/c1-8(2)4-3-5-9(8)6(12)10-7(13)11-9/h3-5H2,1-2H3,(H2,10,11,12,13)/t9-/m0/s1. The van der Waals surface area contributed by atoms with Gasteiger partial charge in [-0.3, -0.25) is 10.1 Å². The summed E-state index contributed by atoms with van der Waals surface area (Å²) in [5, 5.41) is 5.09. The summed E-state index contributed by atoms with van der Waals surface area (Å²) in [6.07, 6.45) is 2.75. The quantitative estimate of drug-likeness (QED) is 0.544. The van der Waals surface area contributed by atoms with E-state index < -0.39 is 5.54 Å². The minimum absolute atomic E-state index is 0.122. The summed E-state index contributed by atoms with van der Waals surface area (Å²) >= 11 is 0. The Morgan fingerprint density at radius 2 is 1.92 bits per heavy atom. The van der Waals surface area contributed by atoms with Crippen LogP contribution in [0.15, 0.2) is 0 Å². The Kier molecular flexibility index (Phi) is 1.47. The van der Waals surface area contributed by atoms with E-state index in [1.54, 1.807) is 0 Å². The minimum atomic E-state index is -0.635. The third kappa shape index (κ3) is 0.913. The summed E-state index contributed by atoms with van der Waals surface area (Å²) in [7, 11) is 0. The number of rotatable bonds is 0. The van der Waals surface area contributed by atoms with Gasteiger partial charge in [0.2, 0.25) is 0 Å². The van der Waals surface area contributed by atoms with Gasteiger partial charge in [0.1, 0.15) is 5.54 Å². The molecule has 1 aliphatic carbocycles. The monoisotopic (exact) mass is 182 g/mol. The summed E-state index contributed by atoms with van der Waals surface area (Å²) in [5.41, 5.74) is -0.757. The van der Waals surface area contributed by atoms with E-state index in [2.05, 4.69) is 10.6 Å². The van der Waals surface area contributed by atoms with Crippen molar-refractivity contribution < 1.29 is 9.59 Å². The SMILES string of the molecule is CC1(C)CCC[C@@]12NC(=O)NC2=O. The van der Waals surface area contributed by atoms with Crippen LogP contribution in [0.1, 0.15) is 33.1 Å². The second kappa shape index (κ2) is 2.25. The largest absolute Gasteiger partial charge is 0.323 e. The first-order valence-corrected chi connectivity index (χ1v) is 4.62. The average Bonchev–Trinajstić information content (AvgIpc) is 2.40. The number of amides is 3. The Bertz CT molecular complexity index is 285. The molecule has 2 fully saturated rings. The van der Waals surface area contributed by atoms with Crippen LogP contribution in [0.2, 0.25) is 0 Å². The van der Waals surface area contributed by atoms with Crippen molar-refractivity contribution in [2.75, 3.05) is 0 Å². The highest BCUT2D eigenvalue weighted by molar-refractivity contribution is 6.07. The molecule has 0 bridgehead atoms. The van der Waals surface area contributed by atoms with Crippen LogP contribution < -0.4 is 10.6 Å². The van der Waals surface area contributed by atoms with Gasteiger partial charge in [-0.15, -0.1) is 0 Å². The molecule has 2 N–H and O–H groups in total. The van der Waals surface area contributed by atoms with E-state index >= 15 is 0 Å². The van der Waals surface area contributed by atoms with Gasteiger partial charge in [-0.1, -0.05) is 13.8 Å². The molecule has 0 aromatic rings. The van der Waals surface area contributed by atoms with Gasteiger partial charge in [0, 0.05) is 0 Å². The van der Waals surface area contributed by atoms with E-state index in [0.29, 0.717) is 0 Å². The molecule has 0 radical (unpaired) electrons. The first-order chi connectivity index (χ1) is 5.98. The van der Waals surface area contributed by atoms with E-state index in [0.717, 1.165) is 19.3 Å². The molecule has 0 unspecified atom stereocenters. The zero-order chi connectivity index (χ0) is 9.69. The molecule has 2 aliphatic rings. The third-order valence-electron chi connectivity index (χ3n) is 3.45. The number of carbonyl (C=O) groups is 2. The Morgan fingerprint density at radius 1 is 1.23 bits per heavy atom. The number of hydrogen-bond donors (Lipinski definition) is 2. The first-order valence-electron chi connectivity index (χ1n) is 4.62. The number of hydrogen-bond acceptors (Lipinski definition) is 2. The molecule has 13 heavy (non-hydrogen) atoms. The predicted molar refractivity (Wildman–Crippen MR) is 47.0 cm³/mol. The van der Waals surface area contributed by atoms with E-state index in [1.807, 2.05) is 13.8 Å². The molecule has 1 spiro atoms. The summed E-state index contributed by atoms with van der Waals surface area (Å²) in [5.74, 6) is -0.153. The van der Waals surface area contributed by atoms with Gasteiger partial charge in [0.05, 0.1) is 0 Å². The van der Waals surface area contributed by atoms with Crippen LogP contribution in [0.5, 0.6) is 0 Å². The van der Waals surface area contributed by atoms with Gasteiger partial charge in [-0.2, -0.15) is 0 Å². The maximum absolute atomic E-state index is 11.6. The fourth-order valence-electron chi connectivity index (χ4n) is 2.49. The molecule has 1 saturated heterocycles. The van der Waals surface area contributed by atoms with Crippen molar-refractivity contribution in [3.63, 3.8) is 0 Å². The van der Waals surface area contributed by atoms with Crippen LogP contribution in [0.3, 0.4) is 0 Å². The lowest BCUT2D eigenvalue weighted by atomic mass is 9.75. The van der Waals surface area contributed by atoms with E-state index in [-0.39, 0.29) is 17.4 Å². The Hall–Kier alpha value is -1.06. The van der Waals surface area contributed by atoms with Crippen LogP contribution in [0.25, 0.3) is 0 Å². The number of carbonyl (C=O) groups excluding carboxylic acids is 2. The molecule has 1 aliphatic heterocycles. The topological polar surface area (TPSA) is 58.2 Å². The van der Waals surface area contributed by atoms with Crippen LogP contribution >= 0.6 is 0 Å². The zero-order valence-corrected chi connectivity index (χ0v) is 7.94. The maximum Gasteiger partial charge on any atom is 0.322 e. The highest BCUT2D eigenvalue weighted by Crippen LogP contribution is 2.47. The number of urea groups is 1. The van der Waals surface area contributed by atoms with Gasteiger partial charge in [0.25, 0.3) is 5.91 Å². The number of nitrogens with one attached hydrogen (secondary N) is 2. The van der Waals surface area contributed by atoms with Crippen molar-refractivity contribution in [3.8, 4) is 0 Å². The molecule has 1 saturated carbocycles. The Balaban J connectivity index is 2.40. The molecular formula is C9H14N2O2. The van der Waals surface area contributed by atoms with Gasteiger partial charge in [-0.05, 0) is 24.7 Å². The predicted octanol–water partition coefficient (Wildman–Crippen LogP) is 0.775. The Morgan fingerprint density at radius 3 is 2.31 bits per heavy atom. The van der Waals surface area contributed by atoms with E-state index in [4.69, 9.17) is 0 Å². The van der Waals surface area contributed by atoms with Crippen molar-refractivity contribution >= 4 is 11.9 Å². The highest BCUT2D eigenvalue weighted by atomic mass is 16.2. The lowest BCUT2D eigenvalue weighted by Crippen LogP contribution is -2.54. The van der Waals surface area contributed by atoms with Crippen molar-refractivity contribution in [3.05, 3.63) is 0 Å². The van der Waals surface area contributed by atoms with Gasteiger partial charge in [0.15, 0.2) is 0 Å². The van der Waals surface area contributed by atoms with Gasteiger partial charge < -0.3 is 5.32 Å². The molecule has 3 amide bonds. The van der Waals surface area contributed by atoms with Crippen LogP contribution in [0.4, 0.5) is 4.79 Å². The summed E-state index contributed by atoms with van der Waals surface area (Å²) in [4.78, 5) is 22.7. The molecule has 1 heterocycles. The molecule has 0 aromatic heterocycles. The third-order valence-corrected chi connectivity index (χ3v) is 3.45. The molecule has 0 aromatic carbocycles. The van der Waals surface area contributed by atoms with Crippen LogP contribution in [-0.4, -0.2) is 17.5 Å². The smallest absolute Gasteiger partial charge is 0.322 e. The van der Waals surface area contributed by atoms with Crippen LogP contribution in [0, 0.1) is 5.41 Å². The summed E-state index contributed by atoms with van der Waals surface area (Å²) in [6.45, 7) is 4.07. The molecule has 1 atom stereocenters. The lowest BCUT2D eigenvalue weighted by molar-refractivity contribution is -0.126. The zero-order valence-electron chi connectivity index (χ0n) is 7.94. The molecule has 72 valence electrons. The second-order valence-corrected chi connectivity index (χ2v) is 4.55. The summed E-state index contributed by atoms with van der Waals surface area (Å²) < 4.78 is 0. The van der Waals surface area contributed by atoms with Crippen LogP contribution in [-0.2, 0) is 4.79 Å².